The Morgan fingerprint density at radius 3 is 2.81 bits per heavy atom. The highest BCUT2D eigenvalue weighted by atomic mass is 16.2. The van der Waals surface area contributed by atoms with E-state index >= 15 is 0 Å². The SMILES string of the molecule is [2H]C1CCC(Nc2cncc(C3CCC(=O)NC3=O)c2)CC1. The third-order valence-electron chi connectivity index (χ3n) is 4.21. The number of hydrogen-bond acceptors (Lipinski definition) is 4. The van der Waals surface area contributed by atoms with Gasteiger partial charge in [0.15, 0.2) is 0 Å². The molecule has 5 nitrogen and oxygen atoms in total. The van der Waals surface area contributed by atoms with Crippen molar-refractivity contribution < 1.29 is 11.0 Å². The summed E-state index contributed by atoms with van der Waals surface area (Å²) >= 11 is 0. The largest absolute Gasteiger partial charge is 0.381 e. The molecule has 1 saturated carbocycles. The van der Waals surface area contributed by atoms with Crippen LogP contribution in [-0.4, -0.2) is 22.8 Å². The molecule has 0 bridgehead atoms. The van der Waals surface area contributed by atoms with E-state index in [0.717, 1.165) is 36.9 Å². The average molecular weight is 288 g/mol. The van der Waals surface area contributed by atoms with E-state index < -0.39 is 0 Å². The van der Waals surface area contributed by atoms with Crippen molar-refractivity contribution in [1.29, 1.82) is 0 Å². The van der Waals surface area contributed by atoms with E-state index in [1.165, 1.54) is 0 Å². The number of piperidine rings is 1. The highest BCUT2D eigenvalue weighted by Crippen LogP contribution is 2.27. The molecular formula is C16H21N3O2. The first-order valence-corrected chi connectivity index (χ1v) is 7.59. The molecule has 0 spiro atoms. The smallest absolute Gasteiger partial charge is 0.234 e. The monoisotopic (exact) mass is 288 g/mol. The summed E-state index contributed by atoms with van der Waals surface area (Å²) in [5.74, 6) is -0.725. The van der Waals surface area contributed by atoms with Crippen LogP contribution >= 0.6 is 0 Å². The van der Waals surface area contributed by atoms with Crippen molar-refractivity contribution in [2.75, 3.05) is 5.32 Å². The van der Waals surface area contributed by atoms with Crippen LogP contribution in [-0.2, 0) is 9.59 Å². The zero-order chi connectivity index (χ0) is 15.5. The number of nitrogens with zero attached hydrogens (tertiary/aromatic N) is 1. The van der Waals surface area contributed by atoms with Gasteiger partial charge in [0.2, 0.25) is 11.8 Å². The molecule has 2 amide bonds. The number of carbonyl (C=O) groups excluding carboxylic acids is 2. The van der Waals surface area contributed by atoms with Gasteiger partial charge >= 0.3 is 0 Å². The maximum absolute atomic E-state index is 11.9. The van der Waals surface area contributed by atoms with Crippen molar-refractivity contribution in [2.24, 2.45) is 0 Å². The fourth-order valence-corrected chi connectivity index (χ4v) is 3.05. The molecule has 0 radical (unpaired) electrons. The van der Waals surface area contributed by atoms with E-state index in [0.29, 0.717) is 18.9 Å². The van der Waals surface area contributed by atoms with Gasteiger partial charge in [0.25, 0.3) is 0 Å². The van der Waals surface area contributed by atoms with Gasteiger partial charge in [0.1, 0.15) is 0 Å². The third-order valence-corrected chi connectivity index (χ3v) is 4.21. The van der Waals surface area contributed by atoms with Gasteiger partial charge in [-0.05, 0) is 30.9 Å². The zero-order valence-electron chi connectivity index (χ0n) is 13.0. The van der Waals surface area contributed by atoms with Crippen molar-refractivity contribution in [3.63, 3.8) is 0 Å². The number of anilines is 1. The number of aromatic nitrogens is 1. The maximum Gasteiger partial charge on any atom is 0.234 e. The average Bonchev–Trinajstić information content (AvgIpc) is 2.50. The Hall–Kier alpha value is -1.91. The molecule has 2 aliphatic rings. The summed E-state index contributed by atoms with van der Waals surface area (Å²) in [7, 11) is 0. The van der Waals surface area contributed by atoms with Crippen LogP contribution in [0.1, 0.15) is 57.8 Å². The lowest BCUT2D eigenvalue weighted by Crippen LogP contribution is -2.39. The normalized spacial score (nSPS) is 30.5. The number of nitrogens with one attached hydrogen (secondary N) is 2. The Morgan fingerprint density at radius 1 is 1.24 bits per heavy atom. The highest BCUT2D eigenvalue weighted by molar-refractivity contribution is 6.00. The van der Waals surface area contributed by atoms with Crippen LogP contribution in [0, 0.1) is 0 Å². The van der Waals surface area contributed by atoms with Gasteiger partial charge in [0.05, 0.1) is 11.6 Å². The molecule has 2 heterocycles. The van der Waals surface area contributed by atoms with Crippen LogP contribution in [0.3, 0.4) is 0 Å². The minimum Gasteiger partial charge on any atom is -0.381 e. The lowest BCUT2D eigenvalue weighted by Gasteiger charge is -2.25. The summed E-state index contributed by atoms with van der Waals surface area (Å²) in [5, 5.41) is 5.85. The van der Waals surface area contributed by atoms with Gasteiger partial charge in [-0.25, -0.2) is 0 Å². The molecular weight excluding hydrogens is 266 g/mol. The Bertz CT molecular complexity index is 570. The Morgan fingerprint density at radius 2 is 2.05 bits per heavy atom. The molecule has 1 aliphatic carbocycles. The second-order valence-electron chi connectivity index (χ2n) is 5.80. The van der Waals surface area contributed by atoms with Crippen LogP contribution in [0.2, 0.25) is 0 Å². The van der Waals surface area contributed by atoms with Crippen molar-refractivity contribution in [1.82, 2.24) is 10.3 Å². The molecule has 21 heavy (non-hydrogen) atoms. The van der Waals surface area contributed by atoms with Crippen molar-refractivity contribution >= 4 is 17.5 Å². The van der Waals surface area contributed by atoms with Gasteiger partial charge in [-0.2, -0.15) is 0 Å². The number of amides is 2. The van der Waals surface area contributed by atoms with Crippen LogP contribution in [0.25, 0.3) is 0 Å². The van der Waals surface area contributed by atoms with Gasteiger partial charge in [-0.15, -0.1) is 0 Å². The maximum atomic E-state index is 11.9. The van der Waals surface area contributed by atoms with E-state index in [-0.39, 0.29) is 24.1 Å². The summed E-state index contributed by atoms with van der Waals surface area (Å²) in [6, 6.07) is 2.33. The van der Waals surface area contributed by atoms with E-state index in [2.05, 4.69) is 15.6 Å². The first-order chi connectivity index (χ1) is 10.6. The summed E-state index contributed by atoms with van der Waals surface area (Å²) in [6.07, 6.45) is 8.31. The molecule has 1 aliphatic heterocycles. The first-order valence-electron chi connectivity index (χ1n) is 8.17. The molecule has 5 heteroatoms. The molecule has 1 atom stereocenters. The Labute approximate surface area is 125 Å². The second kappa shape index (κ2) is 6.24. The predicted octanol–water partition coefficient (Wildman–Crippen LogP) is 2.35. The molecule has 112 valence electrons. The number of imide groups is 1. The number of carbonyl (C=O) groups is 2. The van der Waals surface area contributed by atoms with E-state index in [1.54, 1.807) is 12.4 Å². The van der Waals surface area contributed by atoms with Gasteiger partial charge < -0.3 is 5.32 Å². The van der Waals surface area contributed by atoms with Crippen molar-refractivity contribution in [3.8, 4) is 0 Å². The number of rotatable bonds is 3. The third kappa shape index (κ3) is 3.40. The first kappa shape index (κ1) is 12.8. The molecule has 2 N–H and O–H groups in total. The second-order valence-corrected chi connectivity index (χ2v) is 5.80. The van der Waals surface area contributed by atoms with Crippen molar-refractivity contribution in [2.45, 2.75) is 56.9 Å². The molecule has 1 aromatic heterocycles. The summed E-state index contributed by atoms with van der Waals surface area (Å²) < 4.78 is 7.74. The van der Waals surface area contributed by atoms with Crippen LogP contribution in [0.4, 0.5) is 5.69 Å². The lowest BCUT2D eigenvalue weighted by atomic mass is 9.91. The highest BCUT2D eigenvalue weighted by Gasteiger charge is 2.28. The fourth-order valence-electron chi connectivity index (χ4n) is 3.05. The summed E-state index contributed by atoms with van der Waals surface area (Å²) in [4.78, 5) is 27.4. The van der Waals surface area contributed by atoms with Crippen LogP contribution < -0.4 is 10.6 Å². The standard InChI is InChI=1S/C16H21N3O2/c20-15-7-6-14(16(21)19-15)11-8-13(10-17-9-11)18-12-4-2-1-3-5-12/h8-10,12,14,18H,1-7H2,(H,19,20,21)/i1D. The van der Waals surface area contributed by atoms with E-state index in [4.69, 9.17) is 1.37 Å². The van der Waals surface area contributed by atoms with E-state index in [1.807, 2.05) is 6.07 Å². The van der Waals surface area contributed by atoms with Crippen molar-refractivity contribution in [3.05, 3.63) is 24.0 Å². The topological polar surface area (TPSA) is 71.1 Å². The molecule has 0 aromatic carbocycles. The summed E-state index contributed by atoms with van der Waals surface area (Å²) in [5.41, 5.74) is 1.76. The predicted molar refractivity (Wildman–Crippen MR) is 79.9 cm³/mol. The molecule has 1 aromatic rings. The van der Waals surface area contributed by atoms with Crippen LogP contribution in [0.5, 0.6) is 0 Å². The quantitative estimate of drug-likeness (QED) is 0.838. The Kier molecular flexibility index (Phi) is 3.81. The van der Waals surface area contributed by atoms with Gasteiger partial charge in [-0.3, -0.25) is 19.9 Å². The molecule has 1 unspecified atom stereocenters. The minimum atomic E-state index is -0.295. The molecule has 3 rings (SSSR count). The van der Waals surface area contributed by atoms with E-state index in [9.17, 15) is 9.59 Å². The zero-order valence-corrected chi connectivity index (χ0v) is 12.0. The minimum absolute atomic E-state index is 0.0750. The molecule has 1 saturated heterocycles. The number of hydrogen-bond donors (Lipinski definition) is 2. The fraction of sp³-hybridized carbons (Fsp3) is 0.562. The lowest BCUT2D eigenvalue weighted by molar-refractivity contribution is -0.134. The molecule has 2 fully saturated rings. The summed E-state index contributed by atoms with van der Waals surface area (Å²) in [6.45, 7) is 0. The van der Waals surface area contributed by atoms with Crippen LogP contribution in [0.15, 0.2) is 18.5 Å². The number of pyridine rings is 1. The van der Waals surface area contributed by atoms with Gasteiger partial charge in [-0.1, -0.05) is 19.2 Å². The van der Waals surface area contributed by atoms with Gasteiger partial charge in [0, 0.05) is 26.2 Å². The Balaban J connectivity index is 1.67.